The number of carbonyl (C=O) groups is 1. The van der Waals surface area contributed by atoms with Crippen LogP contribution in [-0.2, 0) is 0 Å². The number of halogens is 2. The third kappa shape index (κ3) is 3.75. The van der Waals surface area contributed by atoms with Gasteiger partial charge in [0, 0.05) is 29.8 Å². The number of anilines is 1. The van der Waals surface area contributed by atoms with Crippen molar-refractivity contribution in [1.29, 1.82) is 0 Å². The molecular weight excluding hydrogens is 361 g/mol. The Hall–Kier alpha value is -1.82. The van der Waals surface area contributed by atoms with Crippen LogP contribution in [0.5, 0.6) is 0 Å². The van der Waals surface area contributed by atoms with Crippen LogP contribution in [0.15, 0.2) is 34.9 Å². The van der Waals surface area contributed by atoms with Gasteiger partial charge in [-0.3, -0.25) is 4.79 Å². The molecule has 1 aliphatic heterocycles. The Morgan fingerprint density at radius 2 is 2.26 bits per heavy atom. The maximum Gasteiger partial charge on any atom is 0.268 e. The quantitative estimate of drug-likeness (QED) is 0.855. The monoisotopic (exact) mass is 379 g/mol. The van der Waals surface area contributed by atoms with Crippen LogP contribution in [0.2, 0.25) is 0 Å². The fourth-order valence-corrected chi connectivity index (χ4v) is 3.28. The Morgan fingerprint density at radius 3 is 3.00 bits per heavy atom. The first-order valence-electron chi connectivity index (χ1n) is 7.69. The molecule has 6 heteroatoms. The Labute approximate surface area is 143 Å². The molecule has 1 aromatic heterocycles. The summed E-state index contributed by atoms with van der Waals surface area (Å²) in [5.41, 5.74) is 2.17. The van der Waals surface area contributed by atoms with Gasteiger partial charge < -0.3 is 15.2 Å². The molecule has 0 radical (unpaired) electrons. The third-order valence-electron chi connectivity index (χ3n) is 4.09. The second kappa shape index (κ2) is 6.74. The lowest BCUT2D eigenvalue weighted by molar-refractivity contribution is 0.0928. The minimum atomic E-state index is -0.212. The van der Waals surface area contributed by atoms with Gasteiger partial charge in [-0.2, -0.15) is 0 Å². The highest BCUT2D eigenvalue weighted by Gasteiger charge is 2.24. The molecule has 1 aromatic carbocycles. The van der Waals surface area contributed by atoms with Crippen molar-refractivity contribution in [3.63, 3.8) is 0 Å². The standard InChI is InChI=1S/C17H19BrFN3O/c1-11-4-5-14(19)16(7-11)22-6-2-3-13(10-22)21-17(23)15-8-12(18)9-20-15/h4-5,7-9,13,20H,2-3,6,10H2,1H3,(H,21,23). The van der Waals surface area contributed by atoms with Crippen molar-refractivity contribution >= 4 is 27.5 Å². The summed E-state index contributed by atoms with van der Waals surface area (Å²) in [5.74, 6) is -0.344. The zero-order valence-corrected chi connectivity index (χ0v) is 14.5. The number of H-pyrrole nitrogens is 1. The van der Waals surface area contributed by atoms with Gasteiger partial charge in [-0.25, -0.2) is 4.39 Å². The van der Waals surface area contributed by atoms with E-state index in [4.69, 9.17) is 0 Å². The average molecular weight is 380 g/mol. The Bertz CT molecular complexity index is 716. The number of hydrogen-bond acceptors (Lipinski definition) is 2. The van der Waals surface area contributed by atoms with Crippen LogP contribution < -0.4 is 10.2 Å². The number of aryl methyl sites for hydroxylation is 1. The van der Waals surface area contributed by atoms with Crippen molar-refractivity contribution in [2.24, 2.45) is 0 Å². The SMILES string of the molecule is Cc1ccc(F)c(N2CCCC(NC(=O)c3cc(Br)c[nH]3)C2)c1. The van der Waals surface area contributed by atoms with Crippen molar-refractivity contribution in [1.82, 2.24) is 10.3 Å². The largest absolute Gasteiger partial charge is 0.367 e. The van der Waals surface area contributed by atoms with E-state index >= 15 is 0 Å². The van der Waals surface area contributed by atoms with Crippen LogP contribution in [0.1, 0.15) is 28.9 Å². The zero-order chi connectivity index (χ0) is 16.4. The number of aromatic amines is 1. The molecule has 1 fully saturated rings. The van der Waals surface area contributed by atoms with Crippen molar-refractivity contribution in [2.45, 2.75) is 25.8 Å². The highest BCUT2D eigenvalue weighted by atomic mass is 79.9. The van der Waals surface area contributed by atoms with Gasteiger partial charge >= 0.3 is 0 Å². The minimum absolute atomic E-state index is 0.0123. The van der Waals surface area contributed by atoms with Gasteiger partial charge in [0.25, 0.3) is 5.91 Å². The first kappa shape index (κ1) is 16.1. The maximum absolute atomic E-state index is 14.1. The lowest BCUT2D eigenvalue weighted by atomic mass is 10.0. The highest BCUT2D eigenvalue weighted by molar-refractivity contribution is 9.10. The lowest BCUT2D eigenvalue weighted by Crippen LogP contribution is -2.48. The van der Waals surface area contributed by atoms with E-state index in [-0.39, 0.29) is 17.8 Å². The molecule has 2 heterocycles. The number of amides is 1. The number of nitrogens with zero attached hydrogens (tertiary/aromatic N) is 1. The van der Waals surface area contributed by atoms with E-state index in [0.717, 1.165) is 29.4 Å². The molecule has 0 aliphatic carbocycles. The predicted octanol–water partition coefficient (Wildman–Crippen LogP) is 3.62. The normalized spacial score (nSPS) is 18.0. The molecule has 1 unspecified atom stereocenters. The van der Waals surface area contributed by atoms with Gasteiger partial charge in [0.2, 0.25) is 0 Å². The fraction of sp³-hybridized carbons (Fsp3) is 0.353. The van der Waals surface area contributed by atoms with Crippen LogP contribution in [0.4, 0.5) is 10.1 Å². The molecule has 0 saturated carbocycles. The van der Waals surface area contributed by atoms with Gasteiger partial charge in [0.05, 0.1) is 5.69 Å². The van der Waals surface area contributed by atoms with Crippen molar-refractivity contribution in [3.8, 4) is 0 Å². The fourth-order valence-electron chi connectivity index (χ4n) is 2.94. The van der Waals surface area contributed by atoms with E-state index in [9.17, 15) is 9.18 Å². The molecule has 0 bridgehead atoms. The Morgan fingerprint density at radius 1 is 1.43 bits per heavy atom. The van der Waals surface area contributed by atoms with E-state index in [1.54, 1.807) is 18.3 Å². The van der Waals surface area contributed by atoms with E-state index in [0.29, 0.717) is 17.9 Å². The molecule has 23 heavy (non-hydrogen) atoms. The summed E-state index contributed by atoms with van der Waals surface area (Å²) in [7, 11) is 0. The van der Waals surface area contributed by atoms with Crippen molar-refractivity contribution in [2.75, 3.05) is 18.0 Å². The molecule has 1 saturated heterocycles. The third-order valence-corrected chi connectivity index (χ3v) is 4.55. The number of aromatic nitrogens is 1. The van der Waals surface area contributed by atoms with Gasteiger partial charge in [0.1, 0.15) is 11.5 Å². The zero-order valence-electron chi connectivity index (χ0n) is 12.9. The van der Waals surface area contributed by atoms with Crippen LogP contribution in [0.3, 0.4) is 0 Å². The summed E-state index contributed by atoms with van der Waals surface area (Å²) in [6.07, 6.45) is 3.55. The van der Waals surface area contributed by atoms with Crippen LogP contribution >= 0.6 is 15.9 Å². The summed E-state index contributed by atoms with van der Waals surface area (Å²) in [4.78, 5) is 17.2. The Kier molecular flexibility index (Phi) is 4.71. The second-order valence-corrected chi connectivity index (χ2v) is 6.86. The first-order chi connectivity index (χ1) is 11.0. The summed E-state index contributed by atoms with van der Waals surface area (Å²) >= 11 is 3.32. The van der Waals surface area contributed by atoms with Crippen molar-refractivity contribution in [3.05, 3.63) is 52.0 Å². The number of carbonyl (C=O) groups excluding carboxylic acids is 1. The van der Waals surface area contributed by atoms with Gasteiger partial charge in [-0.05, 0) is 59.5 Å². The topological polar surface area (TPSA) is 48.1 Å². The summed E-state index contributed by atoms with van der Waals surface area (Å²) < 4.78 is 14.9. The number of piperidine rings is 1. The van der Waals surface area contributed by atoms with E-state index in [2.05, 4.69) is 26.2 Å². The van der Waals surface area contributed by atoms with E-state index in [1.807, 2.05) is 17.9 Å². The van der Waals surface area contributed by atoms with Gasteiger partial charge in [-0.15, -0.1) is 0 Å². The number of rotatable bonds is 3. The summed E-state index contributed by atoms with van der Waals surface area (Å²) in [5, 5.41) is 3.03. The molecule has 1 aliphatic rings. The average Bonchev–Trinajstić information content (AvgIpc) is 2.97. The molecule has 4 nitrogen and oxygen atoms in total. The number of nitrogens with one attached hydrogen (secondary N) is 2. The lowest BCUT2D eigenvalue weighted by Gasteiger charge is -2.35. The van der Waals surface area contributed by atoms with Gasteiger partial charge in [-0.1, -0.05) is 6.07 Å². The molecule has 122 valence electrons. The number of benzene rings is 1. The molecule has 1 atom stereocenters. The Balaban J connectivity index is 1.68. The predicted molar refractivity (Wildman–Crippen MR) is 92.3 cm³/mol. The van der Waals surface area contributed by atoms with Crippen molar-refractivity contribution < 1.29 is 9.18 Å². The molecule has 3 rings (SSSR count). The smallest absolute Gasteiger partial charge is 0.268 e. The van der Waals surface area contributed by atoms with Crippen LogP contribution in [0, 0.1) is 12.7 Å². The minimum Gasteiger partial charge on any atom is -0.367 e. The number of hydrogen-bond donors (Lipinski definition) is 2. The summed E-state index contributed by atoms with van der Waals surface area (Å²) in [6, 6.07) is 6.89. The molecular formula is C17H19BrFN3O. The maximum atomic E-state index is 14.1. The molecule has 0 spiro atoms. The molecule has 2 aromatic rings. The second-order valence-electron chi connectivity index (χ2n) is 5.95. The first-order valence-corrected chi connectivity index (χ1v) is 8.48. The van der Waals surface area contributed by atoms with Crippen LogP contribution in [-0.4, -0.2) is 30.0 Å². The highest BCUT2D eigenvalue weighted by Crippen LogP contribution is 2.24. The van der Waals surface area contributed by atoms with E-state index < -0.39 is 0 Å². The van der Waals surface area contributed by atoms with E-state index in [1.165, 1.54) is 6.07 Å². The van der Waals surface area contributed by atoms with Gasteiger partial charge in [0.15, 0.2) is 0 Å². The molecule has 2 N–H and O–H groups in total. The molecule has 1 amide bonds. The summed E-state index contributed by atoms with van der Waals surface area (Å²) in [6.45, 7) is 3.38. The van der Waals surface area contributed by atoms with Crippen LogP contribution in [0.25, 0.3) is 0 Å².